The van der Waals surface area contributed by atoms with E-state index in [0.717, 1.165) is 15.8 Å². The SMILES string of the molecule is CC(C)(O)COc1cc(Nc2cnn(CCF)c2)ccc1Br. The van der Waals surface area contributed by atoms with Crippen LogP contribution >= 0.6 is 15.9 Å². The van der Waals surface area contributed by atoms with Crippen LogP contribution in [0.4, 0.5) is 15.8 Å². The molecule has 0 saturated heterocycles. The molecule has 0 fully saturated rings. The van der Waals surface area contributed by atoms with Gasteiger partial charge < -0.3 is 15.2 Å². The van der Waals surface area contributed by atoms with Crippen LogP contribution in [0.25, 0.3) is 0 Å². The first-order valence-corrected chi connectivity index (χ1v) is 7.67. The topological polar surface area (TPSA) is 59.3 Å². The molecule has 0 bridgehead atoms. The van der Waals surface area contributed by atoms with E-state index in [-0.39, 0.29) is 13.2 Å². The van der Waals surface area contributed by atoms with Crippen LogP contribution in [0.1, 0.15) is 13.8 Å². The van der Waals surface area contributed by atoms with E-state index in [4.69, 9.17) is 4.74 Å². The fraction of sp³-hybridized carbons (Fsp3) is 0.400. The molecule has 0 amide bonds. The highest BCUT2D eigenvalue weighted by molar-refractivity contribution is 9.10. The molecule has 22 heavy (non-hydrogen) atoms. The summed E-state index contributed by atoms with van der Waals surface area (Å²) in [5.41, 5.74) is 0.675. The molecule has 1 aromatic heterocycles. The second kappa shape index (κ2) is 7.11. The number of hydrogen-bond donors (Lipinski definition) is 2. The van der Waals surface area contributed by atoms with Gasteiger partial charge in [-0.25, -0.2) is 4.39 Å². The third kappa shape index (κ3) is 4.99. The summed E-state index contributed by atoms with van der Waals surface area (Å²) in [4.78, 5) is 0. The number of hydrogen-bond acceptors (Lipinski definition) is 4. The van der Waals surface area contributed by atoms with Crippen LogP contribution in [-0.4, -0.2) is 33.8 Å². The molecule has 0 atom stereocenters. The Morgan fingerprint density at radius 3 is 2.86 bits per heavy atom. The molecule has 0 radical (unpaired) electrons. The molecule has 5 nitrogen and oxygen atoms in total. The Balaban J connectivity index is 2.07. The third-order valence-corrected chi connectivity index (χ3v) is 3.40. The number of aryl methyl sites for hydroxylation is 1. The van der Waals surface area contributed by atoms with Crippen molar-refractivity contribution in [1.29, 1.82) is 0 Å². The molecular formula is C15H19BrFN3O2. The summed E-state index contributed by atoms with van der Waals surface area (Å²) < 4.78 is 20.2. The summed E-state index contributed by atoms with van der Waals surface area (Å²) in [6.45, 7) is 3.34. The molecule has 0 unspecified atom stereocenters. The molecule has 2 aromatic rings. The average molecular weight is 372 g/mol. The lowest BCUT2D eigenvalue weighted by Crippen LogP contribution is -2.27. The summed E-state index contributed by atoms with van der Waals surface area (Å²) in [6.07, 6.45) is 3.37. The Labute approximate surface area is 137 Å². The van der Waals surface area contributed by atoms with Gasteiger partial charge in [0.2, 0.25) is 0 Å². The number of aliphatic hydroxyl groups is 1. The Kier molecular flexibility index (Phi) is 5.42. The van der Waals surface area contributed by atoms with Gasteiger partial charge in [-0.2, -0.15) is 5.10 Å². The minimum Gasteiger partial charge on any atom is -0.489 e. The second-order valence-corrected chi connectivity index (χ2v) is 6.41. The fourth-order valence-corrected chi connectivity index (χ4v) is 2.11. The van der Waals surface area contributed by atoms with E-state index < -0.39 is 12.3 Å². The summed E-state index contributed by atoms with van der Waals surface area (Å²) >= 11 is 3.42. The van der Waals surface area contributed by atoms with Crippen molar-refractivity contribution in [2.24, 2.45) is 0 Å². The summed E-state index contributed by atoms with van der Waals surface area (Å²) in [6, 6.07) is 5.56. The molecule has 1 aromatic carbocycles. The molecule has 2 N–H and O–H groups in total. The van der Waals surface area contributed by atoms with E-state index in [9.17, 15) is 9.50 Å². The van der Waals surface area contributed by atoms with Crippen molar-refractivity contribution in [3.8, 4) is 5.75 Å². The third-order valence-electron chi connectivity index (χ3n) is 2.75. The fourth-order valence-electron chi connectivity index (χ4n) is 1.75. The number of nitrogens with zero attached hydrogens (tertiary/aromatic N) is 2. The van der Waals surface area contributed by atoms with Crippen molar-refractivity contribution in [3.63, 3.8) is 0 Å². The number of anilines is 2. The van der Waals surface area contributed by atoms with Crippen LogP contribution in [0.3, 0.4) is 0 Å². The molecule has 0 aliphatic rings. The van der Waals surface area contributed by atoms with Crippen molar-refractivity contribution >= 4 is 27.3 Å². The van der Waals surface area contributed by atoms with E-state index in [1.54, 1.807) is 26.2 Å². The molecule has 120 valence electrons. The van der Waals surface area contributed by atoms with Crippen molar-refractivity contribution in [3.05, 3.63) is 35.1 Å². The van der Waals surface area contributed by atoms with Gasteiger partial charge >= 0.3 is 0 Å². The van der Waals surface area contributed by atoms with E-state index in [2.05, 4.69) is 26.3 Å². The molecule has 7 heteroatoms. The van der Waals surface area contributed by atoms with Crippen LogP contribution in [0, 0.1) is 0 Å². The molecule has 0 aliphatic heterocycles. The van der Waals surface area contributed by atoms with Gasteiger partial charge in [-0.1, -0.05) is 0 Å². The lowest BCUT2D eigenvalue weighted by Gasteiger charge is -2.19. The van der Waals surface area contributed by atoms with Gasteiger partial charge in [-0.15, -0.1) is 0 Å². The number of halogens is 2. The van der Waals surface area contributed by atoms with Gasteiger partial charge in [0.1, 0.15) is 19.0 Å². The van der Waals surface area contributed by atoms with Crippen molar-refractivity contribution < 1.29 is 14.2 Å². The van der Waals surface area contributed by atoms with Crippen LogP contribution in [0.15, 0.2) is 35.1 Å². The van der Waals surface area contributed by atoms with Crippen molar-refractivity contribution in [1.82, 2.24) is 9.78 Å². The smallest absolute Gasteiger partial charge is 0.135 e. The van der Waals surface area contributed by atoms with Gasteiger partial charge in [-0.05, 0) is 41.9 Å². The lowest BCUT2D eigenvalue weighted by atomic mass is 10.2. The summed E-state index contributed by atoms with van der Waals surface area (Å²) in [5, 5.41) is 17.0. The summed E-state index contributed by atoms with van der Waals surface area (Å²) in [5.74, 6) is 0.628. The maximum atomic E-state index is 12.3. The molecule has 0 aliphatic carbocycles. The number of benzene rings is 1. The zero-order valence-corrected chi connectivity index (χ0v) is 14.1. The van der Waals surface area contributed by atoms with E-state index in [1.807, 2.05) is 18.2 Å². The quantitative estimate of drug-likeness (QED) is 0.781. The van der Waals surface area contributed by atoms with Crippen molar-refractivity contribution in [2.45, 2.75) is 26.0 Å². The van der Waals surface area contributed by atoms with E-state index in [0.29, 0.717) is 5.75 Å². The predicted molar refractivity (Wildman–Crippen MR) is 87.4 cm³/mol. The zero-order valence-electron chi connectivity index (χ0n) is 12.5. The molecule has 1 heterocycles. The first-order chi connectivity index (χ1) is 10.4. The molecule has 0 spiro atoms. The number of nitrogens with one attached hydrogen (secondary N) is 1. The maximum Gasteiger partial charge on any atom is 0.135 e. The minimum absolute atomic E-state index is 0.184. The van der Waals surface area contributed by atoms with Crippen LogP contribution in [0.5, 0.6) is 5.75 Å². The van der Waals surface area contributed by atoms with Gasteiger partial charge in [0.15, 0.2) is 0 Å². The largest absolute Gasteiger partial charge is 0.489 e. The maximum absolute atomic E-state index is 12.3. The van der Waals surface area contributed by atoms with E-state index >= 15 is 0 Å². The Morgan fingerprint density at radius 1 is 1.41 bits per heavy atom. The van der Waals surface area contributed by atoms with Crippen LogP contribution < -0.4 is 10.1 Å². The minimum atomic E-state index is -0.906. The number of rotatable bonds is 7. The Bertz CT molecular complexity index is 625. The monoisotopic (exact) mass is 371 g/mol. The van der Waals surface area contributed by atoms with Gasteiger partial charge in [0, 0.05) is 18.0 Å². The predicted octanol–water partition coefficient (Wildman–Crippen LogP) is 3.51. The molecule has 0 saturated carbocycles. The first-order valence-electron chi connectivity index (χ1n) is 6.87. The average Bonchev–Trinajstić information content (AvgIpc) is 2.86. The number of aromatic nitrogens is 2. The van der Waals surface area contributed by atoms with Gasteiger partial charge in [-0.3, -0.25) is 4.68 Å². The highest BCUT2D eigenvalue weighted by Crippen LogP contribution is 2.30. The van der Waals surface area contributed by atoms with Gasteiger partial charge in [0.05, 0.1) is 28.5 Å². The number of ether oxygens (including phenoxy) is 1. The standard InChI is InChI=1S/C15H19BrFN3O2/c1-15(2,21)10-22-14-7-11(3-4-13(14)16)19-12-8-18-20(9-12)6-5-17/h3-4,7-9,19,21H,5-6,10H2,1-2H3. The number of alkyl halides is 1. The lowest BCUT2D eigenvalue weighted by molar-refractivity contribution is 0.0282. The first kappa shape index (κ1) is 16.8. The van der Waals surface area contributed by atoms with Gasteiger partial charge in [0.25, 0.3) is 0 Å². The highest BCUT2D eigenvalue weighted by Gasteiger charge is 2.14. The van der Waals surface area contributed by atoms with Crippen molar-refractivity contribution in [2.75, 3.05) is 18.6 Å². The highest BCUT2D eigenvalue weighted by atomic mass is 79.9. The summed E-state index contributed by atoms with van der Waals surface area (Å²) in [7, 11) is 0. The van der Waals surface area contributed by atoms with Crippen LogP contribution in [-0.2, 0) is 6.54 Å². The Morgan fingerprint density at radius 2 is 2.18 bits per heavy atom. The normalized spacial score (nSPS) is 11.5. The molecule has 2 rings (SSSR count). The van der Waals surface area contributed by atoms with Crippen LogP contribution in [0.2, 0.25) is 0 Å². The zero-order chi connectivity index (χ0) is 16.2. The van der Waals surface area contributed by atoms with E-state index in [1.165, 1.54) is 4.68 Å². The molecular weight excluding hydrogens is 353 g/mol. The second-order valence-electron chi connectivity index (χ2n) is 5.55. The Hall–Kier alpha value is -1.60.